The smallest absolute Gasteiger partial charge is 0.131 e. The van der Waals surface area contributed by atoms with Crippen LogP contribution in [-0.2, 0) is 4.74 Å². The van der Waals surface area contributed by atoms with Crippen molar-refractivity contribution in [3.8, 4) is 0 Å². The first-order chi connectivity index (χ1) is 4.27. The molecule has 0 spiro atoms. The average molecular weight is 132 g/mol. The fourth-order valence-corrected chi connectivity index (χ4v) is 0.401. The fourth-order valence-electron chi connectivity index (χ4n) is 0.401. The van der Waals surface area contributed by atoms with Crippen molar-refractivity contribution in [1.82, 2.24) is 0 Å². The van der Waals surface area contributed by atoms with Gasteiger partial charge in [-0.25, -0.2) is 4.39 Å². The first-order valence-corrected chi connectivity index (χ1v) is 3.21. The standard InChI is InChI=1S/C7H13FO/c1-3-4-5-9-6-7(2)8/h6H,3-5H2,1-2H3. The van der Waals surface area contributed by atoms with Crippen LogP contribution in [0.3, 0.4) is 0 Å². The van der Waals surface area contributed by atoms with E-state index in [0.29, 0.717) is 6.61 Å². The minimum atomic E-state index is -0.272. The predicted molar refractivity (Wildman–Crippen MR) is 35.7 cm³/mol. The number of hydrogen-bond acceptors (Lipinski definition) is 1. The lowest BCUT2D eigenvalue weighted by molar-refractivity contribution is 0.234. The molecular formula is C7H13FO. The minimum Gasteiger partial charge on any atom is -0.499 e. The molecule has 0 bridgehead atoms. The van der Waals surface area contributed by atoms with E-state index in [1.165, 1.54) is 6.92 Å². The van der Waals surface area contributed by atoms with Crippen LogP contribution < -0.4 is 0 Å². The second-order valence-electron chi connectivity index (χ2n) is 1.93. The summed E-state index contributed by atoms with van der Waals surface area (Å²) in [5, 5.41) is 0. The van der Waals surface area contributed by atoms with Gasteiger partial charge in [0.1, 0.15) is 12.1 Å². The van der Waals surface area contributed by atoms with Gasteiger partial charge in [0, 0.05) is 0 Å². The van der Waals surface area contributed by atoms with Gasteiger partial charge >= 0.3 is 0 Å². The molecule has 2 heteroatoms. The number of rotatable bonds is 4. The summed E-state index contributed by atoms with van der Waals surface area (Å²) < 4.78 is 16.7. The Balaban J connectivity index is 3.00. The van der Waals surface area contributed by atoms with Crippen LogP contribution in [0.1, 0.15) is 26.7 Å². The van der Waals surface area contributed by atoms with Crippen LogP contribution in [0.2, 0.25) is 0 Å². The highest BCUT2D eigenvalue weighted by atomic mass is 19.1. The van der Waals surface area contributed by atoms with Gasteiger partial charge in [-0.15, -0.1) is 0 Å². The van der Waals surface area contributed by atoms with Crippen molar-refractivity contribution in [1.29, 1.82) is 0 Å². The third-order valence-electron chi connectivity index (χ3n) is 0.861. The number of unbranched alkanes of at least 4 members (excludes halogenated alkanes) is 1. The molecule has 0 rings (SSSR count). The molecule has 0 aromatic rings. The van der Waals surface area contributed by atoms with Crippen LogP contribution >= 0.6 is 0 Å². The zero-order valence-electron chi connectivity index (χ0n) is 5.98. The quantitative estimate of drug-likeness (QED) is 0.422. The third kappa shape index (κ3) is 7.47. The lowest BCUT2D eigenvalue weighted by Crippen LogP contribution is -1.85. The molecule has 0 heterocycles. The van der Waals surface area contributed by atoms with Crippen molar-refractivity contribution in [2.45, 2.75) is 26.7 Å². The molecule has 0 unspecified atom stereocenters. The third-order valence-corrected chi connectivity index (χ3v) is 0.861. The summed E-state index contributed by atoms with van der Waals surface area (Å²) in [5.41, 5.74) is 0. The highest BCUT2D eigenvalue weighted by Crippen LogP contribution is 1.94. The van der Waals surface area contributed by atoms with Crippen LogP contribution in [0.15, 0.2) is 12.1 Å². The first kappa shape index (κ1) is 8.47. The van der Waals surface area contributed by atoms with Gasteiger partial charge in [0.15, 0.2) is 0 Å². The monoisotopic (exact) mass is 132 g/mol. The summed E-state index contributed by atoms with van der Waals surface area (Å²) in [6, 6.07) is 0. The van der Waals surface area contributed by atoms with Crippen LogP contribution in [0.25, 0.3) is 0 Å². The van der Waals surface area contributed by atoms with Crippen LogP contribution in [-0.4, -0.2) is 6.61 Å². The van der Waals surface area contributed by atoms with E-state index in [0.717, 1.165) is 19.1 Å². The molecule has 0 radical (unpaired) electrons. The summed E-state index contributed by atoms with van der Waals surface area (Å²) in [5.74, 6) is -0.272. The van der Waals surface area contributed by atoms with Gasteiger partial charge in [0.2, 0.25) is 0 Å². The van der Waals surface area contributed by atoms with Crippen LogP contribution in [0.5, 0.6) is 0 Å². The molecular weight excluding hydrogens is 119 g/mol. The molecule has 0 N–H and O–H groups in total. The van der Waals surface area contributed by atoms with E-state index in [1.807, 2.05) is 0 Å². The molecule has 0 aliphatic carbocycles. The first-order valence-electron chi connectivity index (χ1n) is 3.21. The Morgan fingerprint density at radius 3 is 2.78 bits per heavy atom. The number of hydrogen-bond donors (Lipinski definition) is 0. The Hall–Kier alpha value is -0.530. The van der Waals surface area contributed by atoms with Crippen molar-refractivity contribution >= 4 is 0 Å². The van der Waals surface area contributed by atoms with Gasteiger partial charge in [-0.2, -0.15) is 0 Å². The number of ether oxygens (including phenoxy) is 1. The van der Waals surface area contributed by atoms with E-state index >= 15 is 0 Å². The maximum atomic E-state index is 11.9. The van der Waals surface area contributed by atoms with Crippen molar-refractivity contribution < 1.29 is 9.13 Å². The number of halogens is 1. The Bertz CT molecular complexity index is 84.9. The lowest BCUT2D eigenvalue weighted by atomic mass is 10.4. The van der Waals surface area contributed by atoms with Gasteiger partial charge in [-0.3, -0.25) is 0 Å². The maximum absolute atomic E-state index is 11.9. The molecule has 54 valence electrons. The summed E-state index contributed by atoms with van der Waals surface area (Å²) in [6.45, 7) is 4.05. The molecule has 0 saturated heterocycles. The topological polar surface area (TPSA) is 9.23 Å². The summed E-state index contributed by atoms with van der Waals surface area (Å²) >= 11 is 0. The van der Waals surface area contributed by atoms with Gasteiger partial charge < -0.3 is 4.74 Å². The molecule has 9 heavy (non-hydrogen) atoms. The Morgan fingerprint density at radius 1 is 1.67 bits per heavy atom. The van der Waals surface area contributed by atoms with Gasteiger partial charge in [0.25, 0.3) is 0 Å². The zero-order valence-corrected chi connectivity index (χ0v) is 5.98. The van der Waals surface area contributed by atoms with Crippen molar-refractivity contribution in [3.05, 3.63) is 12.1 Å². The molecule has 0 saturated carbocycles. The Morgan fingerprint density at radius 2 is 2.33 bits per heavy atom. The van der Waals surface area contributed by atoms with E-state index in [1.54, 1.807) is 0 Å². The molecule has 0 aromatic heterocycles. The lowest BCUT2D eigenvalue weighted by Gasteiger charge is -1.96. The largest absolute Gasteiger partial charge is 0.499 e. The predicted octanol–water partition coefficient (Wildman–Crippen LogP) is 2.63. The summed E-state index contributed by atoms with van der Waals surface area (Å²) in [7, 11) is 0. The van der Waals surface area contributed by atoms with E-state index in [-0.39, 0.29) is 5.83 Å². The molecule has 0 atom stereocenters. The average Bonchev–Trinajstić information content (AvgIpc) is 1.80. The van der Waals surface area contributed by atoms with E-state index < -0.39 is 0 Å². The molecule has 0 fully saturated rings. The zero-order chi connectivity index (χ0) is 7.11. The highest BCUT2D eigenvalue weighted by Gasteiger charge is 1.82. The fraction of sp³-hybridized carbons (Fsp3) is 0.714. The highest BCUT2D eigenvalue weighted by molar-refractivity contribution is 4.77. The SMILES string of the molecule is CCCCOC=C(C)F. The second-order valence-corrected chi connectivity index (χ2v) is 1.93. The van der Waals surface area contributed by atoms with E-state index in [9.17, 15) is 4.39 Å². The van der Waals surface area contributed by atoms with Crippen LogP contribution in [0.4, 0.5) is 4.39 Å². The van der Waals surface area contributed by atoms with Crippen molar-refractivity contribution in [3.63, 3.8) is 0 Å². The summed E-state index contributed by atoms with van der Waals surface area (Å²) in [4.78, 5) is 0. The van der Waals surface area contributed by atoms with E-state index in [4.69, 9.17) is 4.74 Å². The van der Waals surface area contributed by atoms with Crippen molar-refractivity contribution in [2.75, 3.05) is 6.61 Å². The molecule has 0 aromatic carbocycles. The maximum Gasteiger partial charge on any atom is 0.131 e. The van der Waals surface area contributed by atoms with Gasteiger partial charge in [-0.05, 0) is 13.3 Å². The second kappa shape index (κ2) is 5.60. The summed E-state index contributed by atoms with van der Waals surface area (Å²) in [6.07, 6.45) is 3.22. The minimum absolute atomic E-state index is 0.272. The number of allylic oxidation sites excluding steroid dienone is 1. The molecule has 0 aliphatic heterocycles. The van der Waals surface area contributed by atoms with Gasteiger partial charge in [0.05, 0.1) is 6.61 Å². The van der Waals surface area contributed by atoms with E-state index in [2.05, 4.69) is 6.92 Å². The molecule has 1 nitrogen and oxygen atoms in total. The van der Waals surface area contributed by atoms with Crippen molar-refractivity contribution in [2.24, 2.45) is 0 Å². The Kier molecular flexibility index (Phi) is 5.27. The normalized spacial score (nSPS) is 11.7. The van der Waals surface area contributed by atoms with Crippen LogP contribution in [0, 0.1) is 0 Å². The van der Waals surface area contributed by atoms with Gasteiger partial charge in [-0.1, -0.05) is 13.3 Å². The molecule has 0 aliphatic rings. The molecule has 0 amide bonds. The Labute approximate surface area is 55.5 Å².